The molecule has 1 heterocycles. The number of benzene rings is 1. The highest BCUT2D eigenvalue weighted by atomic mass is 19.1. The molecular formula is C24H27FN4O3. The molecule has 2 aromatic rings. The number of carbonyl (C=O) groups excluding carboxylic acids is 2. The molecular weight excluding hydrogens is 411 g/mol. The second-order valence-corrected chi connectivity index (χ2v) is 9.95. The second kappa shape index (κ2) is 7.53. The molecule has 4 aliphatic carbocycles. The number of amides is 2. The molecule has 2 N–H and O–H groups in total. The van der Waals surface area contributed by atoms with Crippen LogP contribution in [-0.4, -0.2) is 33.0 Å². The van der Waals surface area contributed by atoms with Gasteiger partial charge < -0.3 is 15.4 Å². The molecule has 0 aliphatic heterocycles. The van der Waals surface area contributed by atoms with E-state index in [2.05, 4.69) is 20.6 Å². The Morgan fingerprint density at radius 3 is 2.41 bits per heavy atom. The Balaban J connectivity index is 1.32. The van der Waals surface area contributed by atoms with Gasteiger partial charge in [-0.15, -0.1) is 0 Å². The van der Waals surface area contributed by atoms with Gasteiger partial charge in [-0.1, -0.05) is 0 Å². The number of ether oxygens (including phenoxy) is 1. The van der Waals surface area contributed by atoms with E-state index in [1.54, 1.807) is 26.1 Å². The maximum atomic E-state index is 13.6. The molecule has 0 saturated heterocycles. The van der Waals surface area contributed by atoms with E-state index >= 15 is 0 Å². The lowest BCUT2D eigenvalue weighted by Gasteiger charge is -2.62. The van der Waals surface area contributed by atoms with Gasteiger partial charge in [-0.25, -0.2) is 14.2 Å². The Bertz CT molecular complexity index is 1070. The summed E-state index contributed by atoms with van der Waals surface area (Å²) in [6.07, 6.45) is 7.81. The molecule has 0 spiro atoms. The fraction of sp³-hybridized carbons (Fsp3) is 0.500. The molecule has 4 fully saturated rings. The highest BCUT2D eigenvalue weighted by molar-refractivity contribution is 5.95. The van der Waals surface area contributed by atoms with E-state index in [4.69, 9.17) is 4.74 Å². The average Bonchev–Trinajstić information content (AvgIpc) is 2.68. The SMILES string of the molecule is Cc1cncc(OC(=O)NC23CC4CC(C2)CC(NC(=O)c2ccc(F)c(C)c2)(C4)C3)n1. The van der Waals surface area contributed by atoms with Crippen molar-refractivity contribution in [2.75, 3.05) is 0 Å². The smallest absolute Gasteiger partial charge is 0.390 e. The lowest BCUT2D eigenvalue weighted by Crippen LogP contribution is -2.70. The summed E-state index contributed by atoms with van der Waals surface area (Å²) in [6.45, 7) is 3.44. The molecule has 32 heavy (non-hydrogen) atoms. The van der Waals surface area contributed by atoms with Gasteiger partial charge in [-0.3, -0.25) is 9.78 Å². The minimum absolute atomic E-state index is 0.168. The van der Waals surface area contributed by atoms with E-state index in [9.17, 15) is 14.0 Å². The third-order valence-electron chi connectivity index (χ3n) is 7.16. The van der Waals surface area contributed by atoms with Crippen molar-refractivity contribution in [3.8, 4) is 5.88 Å². The molecule has 1 aromatic heterocycles. The first kappa shape index (κ1) is 20.8. The van der Waals surface area contributed by atoms with Crippen molar-refractivity contribution < 1.29 is 18.7 Å². The van der Waals surface area contributed by atoms with Gasteiger partial charge >= 0.3 is 6.09 Å². The summed E-state index contributed by atoms with van der Waals surface area (Å²) < 4.78 is 19.0. The van der Waals surface area contributed by atoms with Crippen LogP contribution in [-0.2, 0) is 0 Å². The fourth-order valence-electron chi connectivity index (χ4n) is 6.48. The molecule has 2 amide bonds. The molecule has 2 atom stereocenters. The summed E-state index contributed by atoms with van der Waals surface area (Å²) in [5.74, 6) is 0.525. The van der Waals surface area contributed by atoms with Gasteiger partial charge in [0.2, 0.25) is 5.88 Å². The monoisotopic (exact) mass is 438 g/mol. The van der Waals surface area contributed by atoms with E-state index in [0.29, 0.717) is 35.1 Å². The number of nitrogens with zero attached hydrogens (tertiary/aromatic N) is 2. The second-order valence-electron chi connectivity index (χ2n) is 9.95. The van der Waals surface area contributed by atoms with Gasteiger partial charge in [0.15, 0.2) is 0 Å². The minimum Gasteiger partial charge on any atom is -0.390 e. The van der Waals surface area contributed by atoms with Crippen LogP contribution in [0, 0.1) is 31.5 Å². The quantitative estimate of drug-likeness (QED) is 0.757. The van der Waals surface area contributed by atoms with Crippen molar-refractivity contribution in [2.45, 2.75) is 63.5 Å². The lowest BCUT2D eigenvalue weighted by atomic mass is 9.50. The van der Waals surface area contributed by atoms with E-state index < -0.39 is 11.6 Å². The first-order valence-electron chi connectivity index (χ1n) is 11.1. The van der Waals surface area contributed by atoms with Crippen LogP contribution in [0.15, 0.2) is 30.6 Å². The van der Waals surface area contributed by atoms with Crippen molar-refractivity contribution in [2.24, 2.45) is 11.8 Å². The highest BCUT2D eigenvalue weighted by Gasteiger charge is 2.59. The van der Waals surface area contributed by atoms with Crippen LogP contribution in [0.4, 0.5) is 9.18 Å². The molecule has 4 aliphatic rings. The van der Waals surface area contributed by atoms with Gasteiger partial charge in [0, 0.05) is 22.8 Å². The normalized spacial score (nSPS) is 30.1. The molecule has 168 valence electrons. The van der Waals surface area contributed by atoms with Gasteiger partial charge in [0.05, 0.1) is 11.9 Å². The minimum atomic E-state index is -0.539. The van der Waals surface area contributed by atoms with Crippen molar-refractivity contribution >= 4 is 12.0 Å². The van der Waals surface area contributed by atoms with Crippen LogP contribution in [0.5, 0.6) is 5.88 Å². The Morgan fingerprint density at radius 1 is 1.06 bits per heavy atom. The van der Waals surface area contributed by atoms with Gasteiger partial charge in [0.1, 0.15) is 5.82 Å². The van der Waals surface area contributed by atoms with Crippen molar-refractivity contribution in [3.63, 3.8) is 0 Å². The van der Waals surface area contributed by atoms with Crippen molar-refractivity contribution in [1.29, 1.82) is 0 Å². The maximum Gasteiger partial charge on any atom is 0.414 e. The highest BCUT2D eigenvalue weighted by Crippen LogP contribution is 2.57. The van der Waals surface area contributed by atoms with Crippen molar-refractivity contribution in [1.82, 2.24) is 20.6 Å². The average molecular weight is 439 g/mol. The molecule has 7 nitrogen and oxygen atoms in total. The number of hydrogen-bond acceptors (Lipinski definition) is 5. The lowest BCUT2D eigenvalue weighted by molar-refractivity contribution is -0.0449. The topological polar surface area (TPSA) is 93.2 Å². The summed E-state index contributed by atoms with van der Waals surface area (Å²) in [6, 6.07) is 4.43. The predicted molar refractivity (Wildman–Crippen MR) is 115 cm³/mol. The van der Waals surface area contributed by atoms with Crippen LogP contribution in [0.2, 0.25) is 0 Å². The summed E-state index contributed by atoms with van der Waals surface area (Å²) in [7, 11) is 0. The largest absolute Gasteiger partial charge is 0.414 e. The predicted octanol–water partition coefficient (Wildman–Crippen LogP) is 3.84. The van der Waals surface area contributed by atoms with E-state index in [-0.39, 0.29) is 23.1 Å². The van der Waals surface area contributed by atoms with Crippen LogP contribution in [0.25, 0.3) is 0 Å². The Labute approximate surface area is 186 Å². The number of carbonyl (C=O) groups is 2. The first-order valence-corrected chi connectivity index (χ1v) is 11.1. The zero-order valence-corrected chi connectivity index (χ0v) is 18.3. The van der Waals surface area contributed by atoms with E-state index in [1.165, 1.54) is 18.3 Å². The standard InChI is InChI=1S/C24H27FN4O3/c1-14-5-18(3-4-19(14)25)21(30)28-23-7-16-6-17(8-23)10-24(9-16,13-23)29-22(31)32-20-12-26-11-15(2)27-20/h3-5,11-12,16-17H,6-10,13H2,1-2H3,(H,28,30)(H,29,31). The van der Waals surface area contributed by atoms with E-state index in [1.807, 2.05) is 0 Å². The third-order valence-corrected chi connectivity index (χ3v) is 7.16. The van der Waals surface area contributed by atoms with Crippen LogP contribution in [0.3, 0.4) is 0 Å². The summed E-state index contributed by atoms with van der Waals surface area (Å²) >= 11 is 0. The Hall–Kier alpha value is -3.03. The number of aromatic nitrogens is 2. The van der Waals surface area contributed by atoms with Crippen LogP contribution in [0.1, 0.15) is 60.1 Å². The Kier molecular flexibility index (Phi) is 4.91. The molecule has 8 heteroatoms. The Morgan fingerprint density at radius 2 is 1.75 bits per heavy atom. The zero-order valence-electron chi connectivity index (χ0n) is 18.3. The number of aryl methyl sites for hydroxylation is 2. The molecule has 0 radical (unpaired) electrons. The number of nitrogens with one attached hydrogen (secondary N) is 2. The number of hydrogen-bond donors (Lipinski definition) is 2. The summed E-state index contributed by atoms with van der Waals surface area (Å²) in [5.41, 5.74) is 0.787. The fourth-order valence-corrected chi connectivity index (χ4v) is 6.48. The van der Waals surface area contributed by atoms with Gasteiger partial charge in [-0.2, -0.15) is 0 Å². The molecule has 4 bridgehead atoms. The zero-order chi connectivity index (χ0) is 22.5. The number of halogens is 1. The molecule has 4 saturated carbocycles. The third kappa shape index (κ3) is 3.94. The molecule has 1 aromatic carbocycles. The summed E-state index contributed by atoms with van der Waals surface area (Å²) in [5, 5.41) is 6.38. The molecule has 6 rings (SSSR count). The maximum absolute atomic E-state index is 13.6. The first-order chi connectivity index (χ1) is 15.2. The van der Waals surface area contributed by atoms with Crippen LogP contribution >= 0.6 is 0 Å². The van der Waals surface area contributed by atoms with Gasteiger partial charge in [0.25, 0.3) is 5.91 Å². The van der Waals surface area contributed by atoms with E-state index in [0.717, 1.165) is 32.1 Å². The summed E-state index contributed by atoms with van der Waals surface area (Å²) in [4.78, 5) is 33.9. The van der Waals surface area contributed by atoms with Crippen molar-refractivity contribution in [3.05, 3.63) is 53.2 Å². The molecule has 2 unspecified atom stereocenters. The van der Waals surface area contributed by atoms with Crippen LogP contribution < -0.4 is 15.4 Å². The number of rotatable bonds is 4. The van der Waals surface area contributed by atoms with Gasteiger partial charge in [-0.05, 0) is 88.0 Å².